The van der Waals surface area contributed by atoms with Crippen LogP contribution >= 0.6 is 7.82 Å². The average molecular weight is 625 g/mol. The van der Waals surface area contributed by atoms with Crippen LogP contribution in [0, 0.1) is 0 Å². The fourth-order valence-corrected chi connectivity index (χ4v) is 6.29. The number of rotatable bonds is 30. The molecular formula is C35H65N2O5P. The summed E-state index contributed by atoms with van der Waals surface area (Å²) in [5.41, 5.74) is 1.71. The Morgan fingerprint density at radius 1 is 0.744 bits per heavy atom. The van der Waals surface area contributed by atoms with Crippen LogP contribution in [0.15, 0.2) is 18.2 Å². The zero-order valence-corrected chi connectivity index (χ0v) is 28.7. The van der Waals surface area contributed by atoms with Gasteiger partial charge in [-0.05, 0) is 38.1 Å². The van der Waals surface area contributed by atoms with Crippen LogP contribution in [0.2, 0.25) is 0 Å². The molecule has 250 valence electrons. The van der Waals surface area contributed by atoms with E-state index in [0.717, 1.165) is 18.7 Å². The van der Waals surface area contributed by atoms with Crippen molar-refractivity contribution in [3.05, 3.63) is 29.3 Å². The molecule has 0 saturated carbocycles. The summed E-state index contributed by atoms with van der Waals surface area (Å²) in [6.07, 6.45) is 29.3. The first-order chi connectivity index (χ1) is 20.8. The number of anilines is 1. The molecule has 4 N–H and O–H groups in total. The first-order valence-corrected chi connectivity index (χ1v) is 19.1. The van der Waals surface area contributed by atoms with Gasteiger partial charge in [0.15, 0.2) is 5.78 Å². The quantitative estimate of drug-likeness (QED) is 0.0383. The van der Waals surface area contributed by atoms with Crippen LogP contribution in [0.25, 0.3) is 0 Å². The highest BCUT2D eigenvalue weighted by molar-refractivity contribution is 7.46. The molecule has 7 nitrogen and oxygen atoms in total. The van der Waals surface area contributed by atoms with Crippen LogP contribution in [0.4, 0.5) is 5.69 Å². The zero-order valence-electron chi connectivity index (χ0n) is 27.8. The third kappa shape index (κ3) is 22.0. The molecule has 1 aromatic carbocycles. The van der Waals surface area contributed by atoms with Gasteiger partial charge in [-0.25, -0.2) is 4.57 Å². The summed E-state index contributed by atoms with van der Waals surface area (Å²) in [5.74, 6) is -0.168. The van der Waals surface area contributed by atoms with Gasteiger partial charge in [-0.15, -0.1) is 0 Å². The SMILES string of the molecule is CCCCCCCCCCCCCCCCCCCCCCCCNc1ccc(C(CNC)OP(=O)(O)O)c(C(C)=O)c1. The molecule has 1 rings (SSSR count). The number of benzene rings is 1. The Labute approximate surface area is 264 Å². The highest BCUT2D eigenvalue weighted by Gasteiger charge is 2.26. The second kappa shape index (κ2) is 26.0. The molecule has 0 amide bonds. The number of carbonyl (C=O) groups excluding carboxylic acids is 1. The maximum Gasteiger partial charge on any atom is 0.470 e. The van der Waals surface area contributed by atoms with E-state index < -0.39 is 13.9 Å². The van der Waals surface area contributed by atoms with Crippen LogP contribution in [0.5, 0.6) is 0 Å². The van der Waals surface area contributed by atoms with E-state index in [0.29, 0.717) is 11.1 Å². The number of nitrogens with one attached hydrogen (secondary N) is 2. The standard InChI is InChI=1S/C35H65N2O5P/c1-4-5-6-7-8-9-10-11-12-13-14-15-16-17-18-19-20-21-22-23-24-25-28-37-32-26-27-33(34(29-32)31(2)38)35(30-36-3)42-43(39,40)41/h26-27,29,35-37H,4-25,28,30H2,1-3H3,(H2,39,40,41). The van der Waals surface area contributed by atoms with E-state index in [2.05, 4.69) is 17.6 Å². The summed E-state index contributed by atoms with van der Waals surface area (Å²) in [7, 11) is -3.03. The molecule has 0 aliphatic rings. The molecule has 0 aliphatic carbocycles. The number of hydrogen-bond acceptors (Lipinski definition) is 5. The van der Waals surface area contributed by atoms with Crippen molar-refractivity contribution in [2.24, 2.45) is 0 Å². The highest BCUT2D eigenvalue weighted by atomic mass is 31.2. The van der Waals surface area contributed by atoms with Crippen molar-refractivity contribution >= 4 is 19.3 Å². The summed E-state index contributed by atoms with van der Waals surface area (Å²) in [4.78, 5) is 30.8. The predicted octanol–water partition coefficient (Wildman–Crippen LogP) is 10.3. The van der Waals surface area contributed by atoms with Gasteiger partial charge in [-0.1, -0.05) is 148 Å². The number of likely N-dealkylation sites (N-methyl/N-ethyl adjacent to an activating group) is 1. The van der Waals surface area contributed by atoms with E-state index in [-0.39, 0.29) is 12.3 Å². The van der Waals surface area contributed by atoms with Gasteiger partial charge in [0.05, 0.1) is 0 Å². The largest absolute Gasteiger partial charge is 0.470 e. The molecule has 0 bridgehead atoms. The Bertz CT molecular complexity index is 876. The van der Waals surface area contributed by atoms with Gasteiger partial charge in [0, 0.05) is 24.3 Å². The summed E-state index contributed by atoms with van der Waals surface area (Å²) >= 11 is 0. The van der Waals surface area contributed by atoms with Gasteiger partial charge in [-0.3, -0.25) is 9.32 Å². The van der Waals surface area contributed by atoms with Crippen molar-refractivity contribution in [1.29, 1.82) is 0 Å². The third-order valence-electron chi connectivity index (χ3n) is 8.29. The van der Waals surface area contributed by atoms with Crippen LogP contribution < -0.4 is 10.6 Å². The van der Waals surface area contributed by atoms with Crippen LogP contribution in [-0.4, -0.2) is 35.7 Å². The van der Waals surface area contributed by atoms with E-state index in [1.54, 1.807) is 19.2 Å². The smallest absolute Gasteiger partial charge is 0.385 e. The van der Waals surface area contributed by atoms with E-state index in [1.165, 1.54) is 142 Å². The van der Waals surface area contributed by atoms with E-state index in [1.807, 2.05) is 6.07 Å². The lowest BCUT2D eigenvalue weighted by atomic mass is 9.98. The number of unbranched alkanes of at least 4 members (excludes halogenated alkanes) is 21. The molecule has 0 aromatic heterocycles. The van der Waals surface area contributed by atoms with Gasteiger partial charge in [0.25, 0.3) is 0 Å². The predicted molar refractivity (Wildman–Crippen MR) is 182 cm³/mol. The Morgan fingerprint density at radius 3 is 1.53 bits per heavy atom. The lowest BCUT2D eigenvalue weighted by Gasteiger charge is -2.21. The van der Waals surface area contributed by atoms with Crippen molar-refractivity contribution in [3.8, 4) is 0 Å². The topological polar surface area (TPSA) is 108 Å². The molecule has 0 heterocycles. The Morgan fingerprint density at radius 2 is 1.16 bits per heavy atom. The number of hydrogen-bond donors (Lipinski definition) is 4. The number of phosphoric acid groups is 1. The minimum atomic E-state index is -4.70. The summed E-state index contributed by atoms with van der Waals surface area (Å²) in [6.45, 7) is 4.75. The lowest BCUT2D eigenvalue weighted by Crippen LogP contribution is -2.21. The molecule has 0 aliphatic heterocycles. The number of phosphoric ester groups is 1. The maximum absolute atomic E-state index is 12.3. The Hall–Kier alpha value is -1.24. The molecule has 0 spiro atoms. The van der Waals surface area contributed by atoms with Crippen molar-refractivity contribution in [1.82, 2.24) is 5.32 Å². The summed E-state index contributed by atoms with van der Waals surface area (Å²) in [6, 6.07) is 5.31. The molecule has 43 heavy (non-hydrogen) atoms. The van der Waals surface area contributed by atoms with Crippen LogP contribution in [-0.2, 0) is 9.09 Å². The molecule has 0 radical (unpaired) electrons. The number of ketones is 1. The monoisotopic (exact) mass is 624 g/mol. The van der Waals surface area contributed by atoms with Crippen molar-refractivity contribution in [2.75, 3.05) is 25.5 Å². The van der Waals surface area contributed by atoms with E-state index in [9.17, 15) is 19.1 Å². The van der Waals surface area contributed by atoms with Gasteiger partial charge >= 0.3 is 7.82 Å². The van der Waals surface area contributed by atoms with Gasteiger partial charge in [0.2, 0.25) is 0 Å². The second-order valence-electron chi connectivity index (χ2n) is 12.4. The molecule has 0 saturated heterocycles. The molecule has 8 heteroatoms. The maximum atomic E-state index is 12.3. The minimum Gasteiger partial charge on any atom is -0.385 e. The zero-order chi connectivity index (χ0) is 31.6. The fourth-order valence-electron chi connectivity index (χ4n) is 5.77. The molecule has 0 fully saturated rings. The first kappa shape index (κ1) is 39.8. The van der Waals surface area contributed by atoms with Crippen molar-refractivity contribution in [2.45, 2.75) is 161 Å². The summed E-state index contributed by atoms with van der Waals surface area (Å²) < 4.78 is 16.3. The van der Waals surface area contributed by atoms with Gasteiger partial charge in [-0.2, -0.15) is 0 Å². The van der Waals surface area contributed by atoms with Crippen molar-refractivity contribution in [3.63, 3.8) is 0 Å². The Kier molecular flexibility index (Phi) is 24.1. The number of carbonyl (C=O) groups is 1. The lowest BCUT2D eigenvalue weighted by molar-refractivity contribution is 0.0998. The second-order valence-corrected chi connectivity index (χ2v) is 13.5. The molecule has 1 atom stereocenters. The average Bonchev–Trinajstić information content (AvgIpc) is 2.96. The van der Waals surface area contributed by atoms with Crippen molar-refractivity contribution < 1.29 is 23.7 Å². The number of Topliss-reactive ketones (excluding diaryl/α,β-unsaturated/α-hetero) is 1. The molecule has 1 unspecified atom stereocenters. The van der Waals surface area contributed by atoms with E-state index >= 15 is 0 Å². The van der Waals surface area contributed by atoms with Gasteiger partial charge < -0.3 is 20.4 Å². The highest BCUT2D eigenvalue weighted by Crippen LogP contribution is 2.43. The fraction of sp³-hybridized carbons (Fsp3) is 0.800. The van der Waals surface area contributed by atoms with Gasteiger partial charge in [0.1, 0.15) is 6.10 Å². The van der Waals surface area contributed by atoms with Crippen LogP contribution in [0.3, 0.4) is 0 Å². The first-order valence-electron chi connectivity index (χ1n) is 17.6. The third-order valence-corrected chi connectivity index (χ3v) is 8.82. The molecule has 1 aromatic rings. The minimum absolute atomic E-state index is 0.168. The Balaban J connectivity index is 2.03. The molecular weight excluding hydrogens is 559 g/mol. The normalized spacial score (nSPS) is 12.5. The van der Waals surface area contributed by atoms with E-state index in [4.69, 9.17) is 4.52 Å². The summed E-state index contributed by atoms with van der Waals surface area (Å²) in [5, 5.41) is 6.25. The van der Waals surface area contributed by atoms with Crippen LogP contribution in [0.1, 0.15) is 177 Å².